The molecule has 0 unspecified atom stereocenters. The number of nitrogens with zero attached hydrogens (tertiary/aromatic N) is 1. The predicted molar refractivity (Wildman–Crippen MR) is 34.6 cm³/mol. The fourth-order valence-corrected chi connectivity index (χ4v) is 2.01. The van der Waals surface area contributed by atoms with E-state index in [9.17, 15) is 0 Å². The largest absolute Gasteiger partial charge is 0.197 e. The summed E-state index contributed by atoms with van der Waals surface area (Å²) in [5.74, 6) is 1.90. The fraction of sp³-hybridized carbons (Fsp3) is 0.750. The molecule has 0 atom stereocenters. The summed E-state index contributed by atoms with van der Waals surface area (Å²) in [6.07, 6.45) is 0. The molecule has 1 saturated heterocycles. The molecule has 1 heterocycles. The van der Waals surface area contributed by atoms with Crippen molar-refractivity contribution in [2.45, 2.75) is 4.32 Å². The van der Waals surface area contributed by atoms with Gasteiger partial charge in [-0.25, -0.2) is 0 Å². The summed E-state index contributed by atoms with van der Waals surface area (Å²) in [7, 11) is 0. The average Bonchev–Trinajstić information content (AvgIpc) is 1.61. The topological polar surface area (TPSA) is 23.8 Å². The molecule has 1 fully saturated rings. The minimum atomic E-state index is -0.155. The second-order valence-corrected chi connectivity index (χ2v) is 4.07. The zero-order valence-electron chi connectivity index (χ0n) is 3.65. The Balaban J connectivity index is 2.48. The third kappa shape index (κ3) is 0.920. The van der Waals surface area contributed by atoms with Crippen LogP contribution < -0.4 is 0 Å². The molecule has 0 radical (unpaired) electrons. The molecule has 0 amide bonds. The Bertz CT molecular complexity index is 113. The lowest BCUT2D eigenvalue weighted by atomic mass is 10.2. The Morgan fingerprint density at radius 1 is 1.71 bits per heavy atom. The van der Waals surface area contributed by atoms with Crippen LogP contribution in [0.4, 0.5) is 0 Å². The van der Waals surface area contributed by atoms with Gasteiger partial charge in [0.15, 0.2) is 0 Å². The maximum absolute atomic E-state index is 8.34. The number of nitriles is 1. The van der Waals surface area contributed by atoms with E-state index in [1.54, 1.807) is 11.8 Å². The first kappa shape index (κ1) is 5.46. The third-order valence-corrected chi connectivity index (χ3v) is 3.74. The summed E-state index contributed by atoms with van der Waals surface area (Å²) < 4.78 is -0.155. The van der Waals surface area contributed by atoms with Crippen molar-refractivity contribution in [3.05, 3.63) is 0 Å². The molecule has 0 spiro atoms. The third-order valence-electron chi connectivity index (χ3n) is 0.862. The zero-order chi connectivity index (χ0) is 5.33. The van der Waals surface area contributed by atoms with E-state index in [0.717, 1.165) is 11.5 Å². The first-order valence-corrected chi connectivity index (χ1v) is 3.89. The second-order valence-electron chi connectivity index (χ2n) is 1.57. The van der Waals surface area contributed by atoms with Gasteiger partial charge in [-0.15, -0.1) is 0 Å². The molecular weight excluding hydrogens is 174 g/mol. The molecule has 1 aliphatic rings. The van der Waals surface area contributed by atoms with Crippen molar-refractivity contribution < 1.29 is 0 Å². The van der Waals surface area contributed by atoms with Crippen LogP contribution in [0, 0.1) is 11.3 Å². The van der Waals surface area contributed by atoms with Crippen LogP contribution >= 0.6 is 27.7 Å². The van der Waals surface area contributed by atoms with E-state index in [-0.39, 0.29) is 4.32 Å². The summed E-state index contributed by atoms with van der Waals surface area (Å²) in [6.45, 7) is 0. The van der Waals surface area contributed by atoms with Crippen molar-refractivity contribution in [3.8, 4) is 6.07 Å². The molecule has 1 nitrogen and oxygen atoms in total. The number of rotatable bonds is 0. The smallest absolute Gasteiger partial charge is 0.130 e. The standard InChI is InChI=1S/C4H4BrNS/c5-4(1-6)2-7-3-4/h2-3H2. The predicted octanol–water partition coefficient (Wildman–Crippen LogP) is 1.39. The van der Waals surface area contributed by atoms with Crippen molar-refractivity contribution in [3.63, 3.8) is 0 Å². The van der Waals surface area contributed by atoms with Crippen molar-refractivity contribution in [2.24, 2.45) is 0 Å². The van der Waals surface area contributed by atoms with Gasteiger partial charge in [0, 0.05) is 11.5 Å². The van der Waals surface area contributed by atoms with Crippen LogP contribution in [0.5, 0.6) is 0 Å². The maximum atomic E-state index is 8.34. The van der Waals surface area contributed by atoms with Crippen LogP contribution in [0.25, 0.3) is 0 Å². The monoisotopic (exact) mass is 177 g/mol. The first-order valence-electron chi connectivity index (χ1n) is 1.95. The van der Waals surface area contributed by atoms with Crippen LogP contribution in [0.3, 0.4) is 0 Å². The lowest BCUT2D eigenvalue weighted by molar-refractivity contribution is 0.916. The zero-order valence-corrected chi connectivity index (χ0v) is 6.05. The van der Waals surface area contributed by atoms with E-state index in [1.165, 1.54) is 0 Å². The Morgan fingerprint density at radius 3 is 2.29 bits per heavy atom. The highest BCUT2D eigenvalue weighted by molar-refractivity contribution is 9.10. The van der Waals surface area contributed by atoms with Gasteiger partial charge >= 0.3 is 0 Å². The Hall–Kier alpha value is 0.320. The van der Waals surface area contributed by atoms with Gasteiger partial charge in [0.1, 0.15) is 4.32 Å². The molecule has 1 aliphatic heterocycles. The van der Waals surface area contributed by atoms with Gasteiger partial charge in [0.05, 0.1) is 6.07 Å². The van der Waals surface area contributed by atoms with Gasteiger partial charge in [-0.1, -0.05) is 15.9 Å². The SMILES string of the molecule is N#CC1(Br)CSC1. The van der Waals surface area contributed by atoms with Crippen molar-refractivity contribution in [2.75, 3.05) is 11.5 Å². The van der Waals surface area contributed by atoms with Gasteiger partial charge in [-0.2, -0.15) is 17.0 Å². The Kier molecular flexibility index (Phi) is 1.31. The molecule has 1 rings (SSSR count). The van der Waals surface area contributed by atoms with E-state index in [0.29, 0.717) is 0 Å². The highest BCUT2D eigenvalue weighted by atomic mass is 79.9. The molecule has 0 saturated carbocycles. The minimum absolute atomic E-state index is 0.155. The van der Waals surface area contributed by atoms with E-state index in [4.69, 9.17) is 5.26 Å². The number of thioether (sulfide) groups is 1. The first-order chi connectivity index (χ1) is 3.27. The highest BCUT2D eigenvalue weighted by Gasteiger charge is 2.34. The molecule has 0 aromatic carbocycles. The van der Waals surface area contributed by atoms with Crippen molar-refractivity contribution in [1.82, 2.24) is 0 Å². The summed E-state index contributed by atoms with van der Waals surface area (Å²) in [6, 6.07) is 2.17. The van der Waals surface area contributed by atoms with Gasteiger partial charge < -0.3 is 0 Å². The molecular formula is C4H4BrNS. The van der Waals surface area contributed by atoms with Crippen LogP contribution in [0.1, 0.15) is 0 Å². The molecule has 7 heavy (non-hydrogen) atoms. The number of halogens is 1. The molecule has 0 aliphatic carbocycles. The summed E-state index contributed by atoms with van der Waals surface area (Å²) in [4.78, 5) is 0. The average molecular weight is 178 g/mol. The van der Waals surface area contributed by atoms with Gasteiger partial charge in [0.25, 0.3) is 0 Å². The quantitative estimate of drug-likeness (QED) is 0.523. The fourth-order valence-electron chi connectivity index (χ4n) is 0.346. The Morgan fingerprint density at radius 2 is 2.29 bits per heavy atom. The minimum Gasteiger partial charge on any atom is -0.197 e. The van der Waals surface area contributed by atoms with E-state index in [2.05, 4.69) is 22.0 Å². The molecule has 0 bridgehead atoms. The summed E-state index contributed by atoms with van der Waals surface area (Å²) in [5, 5.41) is 8.34. The van der Waals surface area contributed by atoms with Crippen LogP contribution in [-0.2, 0) is 0 Å². The second kappa shape index (κ2) is 1.68. The normalized spacial score (nSPS) is 25.1. The van der Waals surface area contributed by atoms with Crippen LogP contribution in [0.2, 0.25) is 0 Å². The van der Waals surface area contributed by atoms with E-state index in [1.807, 2.05) is 0 Å². The molecule has 3 heteroatoms. The Labute approximate surface area is 55.2 Å². The molecule has 0 aromatic rings. The molecule has 0 N–H and O–H groups in total. The van der Waals surface area contributed by atoms with E-state index >= 15 is 0 Å². The van der Waals surface area contributed by atoms with E-state index < -0.39 is 0 Å². The molecule has 0 aromatic heterocycles. The highest BCUT2D eigenvalue weighted by Crippen LogP contribution is 2.36. The number of hydrogen-bond donors (Lipinski definition) is 0. The number of alkyl halides is 1. The van der Waals surface area contributed by atoms with Gasteiger partial charge in [-0.05, 0) is 0 Å². The van der Waals surface area contributed by atoms with Crippen molar-refractivity contribution >= 4 is 27.7 Å². The lowest BCUT2D eigenvalue weighted by Crippen LogP contribution is -2.34. The van der Waals surface area contributed by atoms with Crippen LogP contribution in [-0.4, -0.2) is 15.8 Å². The van der Waals surface area contributed by atoms with Gasteiger partial charge in [0.2, 0.25) is 0 Å². The molecule has 38 valence electrons. The van der Waals surface area contributed by atoms with Crippen LogP contribution in [0.15, 0.2) is 0 Å². The lowest BCUT2D eigenvalue weighted by Gasteiger charge is -2.27. The van der Waals surface area contributed by atoms with Gasteiger partial charge in [-0.3, -0.25) is 0 Å². The maximum Gasteiger partial charge on any atom is 0.130 e. The van der Waals surface area contributed by atoms with Crippen molar-refractivity contribution in [1.29, 1.82) is 5.26 Å². The number of hydrogen-bond acceptors (Lipinski definition) is 2. The summed E-state index contributed by atoms with van der Waals surface area (Å²) in [5.41, 5.74) is 0. The summed E-state index contributed by atoms with van der Waals surface area (Å²) >= 11 is 5.08.